The number of hydrogen-bond donors (Lipinski definition) is 1. The Morgan fingerprint density at radius 2 is 1.90 bits per heavy atom. The normalized spacial score (nSPS) is 10.3. The van der Waals surface area contributed by atoms with Crippen LogP contribution in [0.4, 0.5) is 5.69 Å². The van der Waals surface area contributed by atoms with Crippen molar-refractivity contribution in [3.8, 4) is 0 Å². The fourth-order valence-corrected chi connectivity index (χ4v) is 2.10. The summed E-state index contributed by atoms with van der Waals surface area (Å²) in [4.78, 5) is 11.9. The quantitative estimate of drug-likeness (QED) is 0.855. The third-order valence-corrected chi connectivity index (χ3v) is 3.99. The van der Waals surface area contributed by atoms with E-state index in [9.17, 15) is 4.79 Å². The molecule has 2 rings (SSSR count). The number of halogens is 1. The summed E-state index contributed by atoms with van der Waals surface area (Å²) in [5.41, 5.74) is 3.16. The lowest BCUT2D eigenvalue weighted by molar-refractivity contribution is -0.695. The molecule has 0 atom stereocenters. The van der Waals surface area contributed by atoms with Crippen molar-refractivity contribution < 1.29 is 9.36 Å². The SMILES string of the molecule is Cc1cc[n+](CCC(=O)Nc2ccc(Br)c(C)c2)cc1. The van der Waals surface area contributed by atoms with Crippen LogP contribution in [0, 0.1) is 13.8 Å². The summed E-state index contributed by atoms with van der Waals surface area (Å²) in [7, 11) is 0. The third kappa shape index (κ3) is 4.17. The number of anilines is 1. The summed E-state index contributed by atoms with van der Waals surface area (Å²) in [5, 5.41) is 2.92. The largest absolute Gasteiger partial charge is 0.326 e. The summed E-state index contributed by atoms with van der Waals surface area (Å²) in [6.07, 6.45) is 4.45. The highest BCUT2D eigenvalue weighted by atomic mass is 79.9. The number of carbonyl (C=O) groups is 1. The first-order chi connectivity index (χ1) is 9.54. The second-order valence-electron chi connectivity index (χ2n) is 4.88. The molecule has 104 valence electrons. The van der Waals surface area contributed by atoms with Crippen LogP contribution in [0.1, 0.15) is 17.5 Å². The van der Waals surface area contributed by atoms with Crippen molar-refractivity contribution in [2.24, 2.45) is 0 Å². The molecule has 0 spiro atoms. The van der Waals surface area contributed by atoms with Gasteiger partial charge in [0.05, 0.1) is 6.42 Å². The first kappa shape index (κ1) is 14.7. The zero-order valence-corrected chi connectivity index (χ0v) is 13.3. The van der Waals surface area contributed by atoms with Gasteiger partial charge in [-0.15, -0.1) is 0 Å². The molecule has 1 amide bonds. The van der Waals surface area contributed by atoms with Crippen LogP contribution in [-0.2, 0) is 11.3 Å². The molecule has 0 fully saturated rings. The molecule has 0 aliphatic carbocycles. The topological polar surface area (TPSA) is 33.0 Å². The first-order valence-corrected chi connectivity index (χ1v) is 7.35. The van der Waals surface area contributed by atoms with Gasteiger partial charge in [0, 0.05) is 22.3 Å². The number of nitrogens with zero attached hydrogens (tertiary/aromatic N) is 1. The van der Waals surface area contributed by atoms with Gasteiger partial charge in [-0.1, -0.05) is 15.9 Å². The van der Waals surface area contributed by atoms with Gasteiger partial charge in [0.2, 0.25) is 5.91 Å². The molecule has 0 aliphatic rings. The second kappa shape index (κ2) is 6.66. The molecule has 1 heterocycles. The van der Waals surface area contributed by atoms with Crippen LogP contribution in [0.25, 0.3) is 0 Å². The predicted molar refractivity (Wildman–Crippen MR) is 83.5 cm³/mol. The van der Waals surface area contributed by atoms with Crippen molar-refractivity contribution in [1.29, 1.82) is 0 Å². The van der Waals surface area contributed by atoms with Crippen molar-refractivity contribution in [3.63, 3.8) is 0 Å². The maximum atomic E-state index is 11.9. The lowest BCUT2D eigenvalue weighted by Gasteiger charge is -2.06. The number of aromatic nitrogens is 1. The van der Waals surface area contributed by atoms with Crippen LogP contribution in [0.5, 0.6) is 0 Å². The highest BCUT2D eigenvalue weighted by Gasteiger charge is 2.07. The Kier molecular flexibility index (Phi) is 4.90. The highest BCUT2D eigenvalue weighted by Crippen LogP contribution is 2.19. The van der Waals surface area contributed by atoms with Gasteiger partial charge in [-0.3, -0.25) is 4.79 Å². The van der Waals surface area contributed by atoms with Crippen LogP contribution in [0.2, 0.25) is 0 Å². The minimum absolute atomic E-state index is 0.0276. The number of rotatable bonds is 4. The van der Waals surface area contributed by atoms with Gasteiger partial charge in [-0.25, -0.2) is 4.57 Å². The van der Waals surface area contributed by atoms with E-state index in [1.165, 1.54) is 5.56 Å². The Bertz CT molecular complexity index is 608. The summed E-state index contributed by atoms with van der Waals surface area (Å²) in [6, 6.07) is 9.88. The summed E-state index contributed by atoms with van der Waals surface area (Å²) < 4.78 is 3.06. The smallest absolute Gasteiger partial charge is 0.230 e. The molecule has 0 unspecified atom stereocenters. The van der Waals surface area contributed by atoms with Gasteiger partial charge in [0.1, 0.15) is 0 Å². The van der Waals surface area contributed by atoms with Crippen molar-refractivity contribution in [1.82, 2.24) is 0 Å². The Morgan fingerprint density at radius 1 is 1.20 bits per heavy atom. The monoisotopic (exact) mass is 333 g/mol. The Labute approximate surface area is 127 Å². The van der Waals surface area contributed by atoms with Gasteiger partial charge < -0.3 is 5.32 Å². The van der Waals surface area contributed by atoms with Crippen LogP contribution < -0.4 is 9.88 Å². The van der Waals surface area contributed by atoms with Crippen LogP contribution in [0.15, 0.2) is 47.2 Å². The van der Waals surface area contributed by atoms with E-state index in [-0.39, 0.29) is 5.91 Å². The molecule has 0 saturated carbocycles. The van der Waals surface area contributed by atoms with Gasteiger partial charge in [0.25, 0.3) is 0 Å². The van der Waals surface area contributed by atoms with E-state index >= 15 is 0 Å². The van der Waals surface area contributed by atoms with Gasteiger partial charge in [-0.05, 0) is 43.2 Å². The molecule has 4 heteroatoms. The average molecular weight is 334 g/mol. The van der Waals surface area contributed by atoms with E-state index in [0.29, 0.717) is 13.0 Å². The molecule has 1 aromatic heterocycles. The van der Waals surface area contributed by atoms with Crippen molar-refractivity contribution in [3.05, 3.63) is 58.3 Å². The van der Waals surface area contributed by atoms with Crippen LogP contribution >= 0.6 is 15.9 Å². The van der Waals surface area contributed by atoms with E-state index in [1.807, 2.05) is 61.1 Å². The number of pyridine rings is 1. The zero-order chi connectivity index (χ0) is 14.5. The van der Waals surface area contributed by atoms with Gasteiger partial charge >= 0.3 is 0 Å². The van der Waals surface area contributed by atoms with E-state index in [0.717, 1.165) is 15.7 Å². The van der Waals surface area contributed by atoms with Gasteiger partial charge in [0.15, 0.2) is 18.9 Å². The average Bonchev–Trinajstić information content (AvgIpc) is 2.42. The van der Waals surface area contributed by atoms with E-state index in [2.05, 4.69) is 21.2 Å². The predicted octanol–water partition coefficient (Wildman–Crippen LogP) is 3.38. The number of hydrogen-bond acceptors (Lipinski definition) is 1. The van der Waals surface area contributed by atoms with E-state index < -0.39 is 0 Å². The number of aryl methyl sites for hydroxylation is 3. The van der Waals surface area contributed by atoms with Crippen molar-refractivity contribution >= 4 is 27.5 Å². The summed E-state index contributed by atoms with van der Waals surface area (Å²) in [5.74, 6) is 0.0276. The number of carbonyl (C=O) groups excluding carboxylic acids is 1. The fraction of sp³-hybridized carbons (Fsp3) is 0.250. The molecule has 0 radical (unpaired) electrons. The molecule has 0 saturated heterocycles. The molecule has 3 nitrogen and oxygen atoms in total. The molecule has 0 aliphatic heterocycles. The molecule has 1 aromatic carbocycles. The van der Waals surface area contributed by atoms with E-state index in [4.69, 9.17) is 0 Å². The second-order valence-corrected chi connectivity index (χ2v) is 5.73. The minimum Gasteiger partial charge on any atom is -0.326 e. The Morgan fingerprint density at radius 3 is 2.55 bits per heavy atom. The van der Waals surface area contributed by atoms with E-state index in [1.54, 1.807) is 0 Å². The first-order valence-electron chi connectivity index (χ1n) is 6.56. The molecule has 2 aromatic rings. The third-order valence-electron chi connectivity index (χ3n) is 3.10. The number of benzene rings is 1. The molecular weight excluding hydrogens is 316 g/mol. The molecular formula is C16H18BrN2O+. The van der Waals surface area contributed by atoms with Crippen molar-refractivity contribution in [2.75, 3.05) is 5.32 Å². The number of amides is 1. The lowest BCUT2D eigenvalue weighted by atomic mass is 10.2. The van der Waals surface area contributed by atoms with Gasteiger partial charge in [-0.2, -0.15) is 0 Å². The Balaban J connectivity index is 1.89. The summed E-state index contributed by atoms with van der Waals surface area (Å²) in [6.45, 7) is 4.73. The van der Waals surface area contributed by atoms with Crippen molar-refractivity contribution in [2.45, 2.75) is 26.8 Å². The number of nitrogens with one attached hydrogen (secondary N) is 1. The standard InChI is InChI=1S/C16H17BrN2O/c1-12-5-8-19(9-6-12)10-7-16(20)18-14-3-4-15(17)13(2)11-14/h3-6,8-9,11H,7,10H2,1-2H3/p+1. The lowest BCUT2D eigenvalue weighted by Crippen LogP contribution is -2.34. The van der Waals surface area contributed by atoms with Crippen LogP contribution in [-0.4, -0.2) is 5.91 Å². The van der Waals surface area contributed by atoms with Crippen LogP contribution in [0.3, 0.4) is 0 Å². The Hall–Kier alpha value is -1.68. The molecule has 20 heavy (non-hydrogen) atoms. The molecule has 0 bridgehead atoms. The minimum atomic E-state index is 0.0276. The molecule has 1 N–H and O–H groups in total. The maximum Gasteiger partial charge on any atom is 0.230 e. The fourth-order valence-electron chi connectivity index (χ4n) is 1.86. The zero-order valence-electron chi connectivity index (χ0n) is 11.7. The summed E-state index contributed by atoms with van der Waals surface area (Å²) >= 11 is 3.45. The maximum absolute atomic E-state index is 11.9. The highest BCUT2D eigenvalue weighted by molar-refractivity contribution is 9.10.